The molecule has 2 rings (SSSR count). The highest BCUT2D eigenvalue weighted by atomic mass is 32.2. The zero-order valence-electron chi connectivity index (χ0n) is 10.1. The molecule has 0 bridgehead atoms. The van der Waals surface area contributed by atoms with Crippen molar-refractivity contribution >= 4 is 17.7 Å². The average molecular weight is 280 g/mol. The van der Waals surface area contributed by atoms with Crippen molar-refractivity contribution in [1.82, 2.24) is 25.6 Å². The lowest BCUT2D eigenvalue weighted by Gasteiger charge is -2.08. The number of hydrogen-bond acceptors (Lipinski definition) is 7. The van der Waals surface area contributed by atoms with Crippen molar-refractivity contribution in [2.45, 2.75) is 5.16 Å². The lowest BCUT2D eigenvalue weighted by atomic mass is 10.3. The van der Waals surface area contributed by atoms with Crippen LogP contribution in [0.1, 0.15) is 0 Å². The summed E-state index contributed by atoms with van der Waals surface area (Å²) in [7, 11) is 1.57. The Balaban J connectivity index is 2.26. The molecule has 0 aliphatic heterocycles. The number of carbonyl (C=O) groups is 1. The molecule has 0 spiro atoms. The number of amides is 1. The van der Waals surface area contributed by atoms with Gasteiger partial charge in [0.1, 0.15) is 11.4 Å². The number of tetrazole rings is 1. The van der Waals surface area contributed by atoms with Gasteiger partial charge in [0.25, 0.3) is 0 Å². The molecule has 9 heteroatoms. The van der Waals surface area contributed by atoms with Crippen LogP contribution >= 0.6 is 11.8 Å². The van der Waals surface area contributed by atoms with E-state index in [1.54, 1.807) is 13.2 Å². The van der Waals surface area contributed by atoms with Crippen LogP contribution in [0, 0.1) is 0 Å². The first-order valence-corrected chi connectivity index (χ1v) is 6.29. The van der Waals surface area contributed by atoms with Gasteiger partial charge >= 0.3 is 0 Å². The molecule has 0 aliphatic carbocycles. The van der Waals surface area contributed by atoms with Crippen LogP contribution < -0.4 is 16.0 Å². The molecule has 0 atom stereocenters. The van der Waals surface area contributed by atoms with E-state index in [1.165, 1.54) is 16.4 Å². The van der Waals surface area contributed by atoms with Gasteiger partial charge in [0.15, 0.2) is 0 Å². The van der Waals surface area contributed by atoms with Crippen molar-refractivity contribution in [3.63, 3.8) is 0 Å². The highest BCUT2D eigenvalue weighted by Gasteiger charge is 2.13. The predicted octanol–water partition coefficient (Wildman–Crippen LogP) is -0.247. The topological polar surface area (TPSA) is 108 Å². The molecule has 0 saturated carbocycles. The summed E-state index contributed by atoms with van der Waals surface area (Å²) < 4.78 is 6.75. The van der Waals surface area contributed by atoms with Gasteiger partial charge in [0.05, 0.1) is 12.9 Å². The van der Waals surface area contributed by atoms with Gasteiger partial charge in [-0.3, -0.25) is 10.2 Å². The van der Waals surface area contributed by atoms with Crippen LogP contribution in [0.2, 0.25) is 0 Å². The van der Waals surface area contributed by atoms with Gasteiger partial charge in [-0.15, -0.1) is 5.10 Å². The van der Waals surface area contributed by atoms with Gasteiger partial charge in [0.2, 0.25) is 11.1 Å². The van der Waals surface area contributed by atoms with Gasteiger partial charge in [-0.25, -0.2) is 5.84 Å². The highest BCUT2D eigenvalue weighted by molar-refractivity contribution is 7.99. The summed E-state index contributed by atoms with van der Waals surface area (Å²) in [5.41, 5.74) is 2.75. The second-order valence-electron chi connectivity index (χ2n) is 3.40. The Morgan fingerprint density at radius 1 is 1.53 bits per heavy atom. The minimum atomic E-state index is -0.306. The third-order valence-electron chi connectivity index (χ3n) is 2.25. The number of nitrogens with zero attached hydrogens (tertiary/aromatic N) is 4. The number of nitrogens with one attached hydrogen (secondary N) is 1. The second-order valence-corrected chi connectivity index (χ2v) is 4.34. The number of rotatable bonds is 5. The number of para-hydroxylation sites is 2. The molecule has 0 radical (unpaired) electrons. The minimum absolute atomic E-state index is 0.131. The minimum Gasteiger partial charge on any atom is -0.494 e. The van der Waals surface area contributed by atoms with E-state index in [2.05, 4.69) is 15.5 Å². The molecule has 0 fully saturated rings. The Labute approximate surface area is 113 Å². The third kappa shape index (κ3) is 3.01. The molecule has 1 heterocycles. The zero-order valence-corrected chi connectivity index (χ0v) is 10.9. The third-order valence-corrected chi connectivity index (χ3v) is 3.17. The Morgan fingerprint density at radius 2 is 2.32 bits per heavy atom. The van der Waals surface area contributed by atoms with Crippen molar-refractivity contribution in [3.05, 3.63) is 24.3 Å². The number of aromatic nitrogens is 4. The fourth-order valence-corrected chi connectivity index (χ4v) is 2.09. The molecule has 2 aromatic rings. The predicted molar refractivity (Wildman–Crippen MR) is 68.8 cm³/mol. The molecule has 0 unspecified atom stereocenters. The van der Waals surface area contributed by atoms with E-state index in [0.717, 1.165) is 0 Å². The number of hydrogen-bond donors (Lipinski definition) is 2. The molecule has 1 amide bonds. The number of carbonyl (C=O) groups excluding carboxylic acids is 1. The van der Waals surface area contributed by atoms with Gasteiger partial charge in [-0.1, -0.05) is 23.9 Å². The number of methoxy groups -OCH3 is 1. The first-order valence-electron chi connectivity index (χ1n) is 5.30. The Kier molecular flexibility index (Phi) is 4.31. The lowest BCUT2D eigenvalue weighted by molar-refractivity contribution is -0.118. The standard InChI is InChI=1S/C10H12N6O2S/c1-18-8-5-3-2-4-7(8)16-10(13-14-15-16)19-6-9(17)12-11/h2-5H,6,11H2,1H3,(H,12,17). The molecule has 1 aromatic heterocycles. The van der Waals surface area contributed by atoms with E-state index in [1.807, 2.05) is 23.6 Å². The molecule has 3 N–H and O–H groups in total. The van der Waals surface area contributed by atoms with E-state index in [0.29, 0.717) is 16.6 Å². The fourth-order valence-electron chi connectivity index (χ4n) is 1.40. The molecular formula is C10H12N6O2S. The second kappa shape index (κ2) is 6.16. The zero-order chi connectivity index (χ0) is 13.7. The molecule has 1 aromatic carbocycles. The summed E-state index contributed by atoms with van der Waals surface area (Å²) in [6.07, 6.45) is 0. The summed E-state index contributed by atoms with van der Waals surface area (Å²) in [4.78, 5) is 11.1. The van der Waals surface area contributed by atoms with Gasteiger partial charge in [0, 0.05) is 0 Å². The molecule has 0 aliphatic rings. The monoisotopic (exact) mass is 280 g/mol. The average Bonchev–Trinajstić information content (AvgIpc) is 2.92. The SMILES string of the molecule is COc1ccccc1-n1nnnc1SCC(=O)NN. The summed E-state index contributed by atoms with van der Waals surface area (Å²) in [6.45, 7) is 0. The first kappa shape index (κ1) is 13.3. The Bertz CT molecular complexity index is 573. The van der Waals surface area contributed by atoms with Crippen LogP contribution in [0.3, 0.4) is 0 Å². The van der Waals surface area contributed by atoms with E-state index in [-0.39, 0.29) is 11.7 Å². The van der Waals surface area contributed by atoms with Crippen LogP contribution in [0.25, 0.3) is 5.69 Å². The highest BCUT2D eigenvalue weighted by Crippen LogP contribution is 2.25. The van der Waals surface area contributed by atoms with Crippen LogP contribution in [-0.2, 0) is 4.79 Å². The van der Waals surface area contributed by atoms with Gasteiger partial charge in [-0.05, 0) is 22.6 Å². The van der Waals surface area contributed by atoms with Crippen molar-refractivity contribution in [3.8, 4) is 11.4 Å². The number of benzene rings is 1. The van der Waals surface area contributed by atoms with E-state index >= 15 is 0 Å². The molecule has 100 valence electrons. The van der Waals surface area contributed by atoms with Crippen molar-refractivity contribution in [1.29, 1.82) is 0 Å². The van der Waals surface area contributed by atoms with Gasteiger partial charge in [-0.2, -0.15) is 4.68 Å². The quantitative estimate of drug-likeness (QED) is 0.336. The molecular weight excluding hydrogens is 268 g/mol. The molecule has 19 heavy (non-hydrogen) atoms. The summed E-state index contributed by atoms with van der Waals surface area (Å²) >= 11 is 1.18. The summed E-state index contributed by atoms with van der Waals surface area (Å²) in [5.74, 6) is 5.48. The number of ether oxygens (including phenoxy) is 1. The Hall–Kier alpha value is -2.13. The molecule has 0 saturated heterocycles. The normalized spacial score (nSPS) is 10.2. The fraction of sp³-hybridized carbons (Fsp3) is 0.200. The van der Waals surface area contributed by atoms with Gasteiger partial charge < -0.3 is 4.74 Å². The van der Waals surface area contributed by atoms with Crippen molar-refractivity contribution < 1.29 is 9.53 Å². The van der Waals surface area contributed by atoms with Crippen molar-refractivity contribution in [2.24, 2.45) is 5.84 Å². The van der Waals surface area contributed by atoms with E-state index in [9.17, 15) is 4.79 Å². The first-order chi connectivity index (χ1) is 9.26. The van der Waals surface area contributed by atoms with Crippen molar-refractivity contribution in [2.75, 3.05) is 12.9 Å². The van der Waals surface area contributed by atoms with Crippen LogP contribution in [0.4, 0.5) is 0 Å². The number of hydrazine groups is 1. The summed E-state index contributed by atoms with van der Waals surface area (Å²) in [6, 6.07) is 7.32. The van der Waals surface area contributed by atoms with Crippen LogP contribution in [0.5, 0.6) is 5.75 Å². The van der Waals surface area contributed by atoms with E-state index in [4.69, 9.17) is 10.6 Å². The largest absolute Gasteiger partial charge is 0.494 e. The van der Waals surface area contributed by atoms with Crippen LogP contribution in [-0.4, -0.2) is 39.0 Å². The maximum Gasteiger partial charge on any atom is 0.244 e. The summed E-state index contributed by atoms with van der Waals surface area (Å²) in [5, 5.41) is 11.8. The smallest absolute Gasteiger partial charge is 0.244 e. The Morgan fingerprint density at radius 3 is 3.05 bits per heavy atom. The molecule has 8 nitrogen and oxygen atoms in total. The number of thioether (sulfide) groups is 1. The lowest BCUT2D eigenvalue weighted by Crippen LogP contribution is -2.31. The van der Waals surface area contributed by atoms with E-state index < -0.39 is 0 Å². The maximum atomic E-state index is 11.1. The number of nitrogens with two attached hydrogens (primary N) is 1. The van der Waals surface area contributed by atoms with Crippen LogP contribution in [0.15, 0.2) is 29.4 Å². The maximum absolute atomic E-state index is 11.1.